The summed E-state index contributed by atoms with van der Waals surface area (Å²) in [6.45, 7) is 0. The molecule has 3 aromatic rings. The largest absolute Gasteiger partial charge is 0.297 e. The van der Waals surface area contributed by atoms with Crippen LogP contribution >= 0.6 is 0 Å². The molecule has 116 valence electrons. The van der Waals surface area contributed by atoms with Gasteiger partial charge in [0.05, 0.1) is 15.8 Å². The van der Waals surface area contributed by atoms with E-state index in [9.17, 15) is 22.9 Å². The Balaban J connectivity index is 2.39. The Kier molecular flexibility index (Phi) is 3.53. The lowest BCUT2D eigenvalue weighted by atomic mass is 10.2. The van der Waals surface area contributed by atoms with Gasteiger partial charge in [0.1, 0.15) is 10.7 Å². The predicted octanol–water partition coefficient (Wildman–Crippen LogP) is 3.11. The second-order valence-corrected chi connectivity index (χ2v) is 6.56. The van der Waals surface area contributed by atoms with Crippen LogP contribution in [-0.2, 0) is 9.84 Å². The number of halogens is 1. The van der Waals surface area contributed by atoms with Crippen LogP contribution in [0.2, 0.25) is 0 Å². The Bertz CT molecular complexity index is 1030. The van der Waals surface area contributed by atoms with Crippen LogP contribution in [0.5, 0.6) is 0 Å². The SMILES string of the molecule is O=[N+]([O-])c1c(S(=O)(=O)c2ccccc2F)ccc2ncccc12. The van der Waals surface area contributed by atoms with Gasteiger partial charge >= 0.3 is 0 Å². The molecule has 0 N–H and O–H groups in total. The van der Waals surface area contributed by atoms with Gasteiger partial charge in [0.15, 0.2) is 4.90 Å². The molecular formula is C15H9FN2O4S. The van der Waals surface area contributed by atoms with Crippen molar-refractivity contribution < 1.29 is 17.7 Å². The van der Waals surface area contributed by atoms with Crippen molar-refractivity contribution in [3.05, 3.63) is 70.7 Å². The molecule has 0 unspecified atom stereocenters. The molecule has 0 aliphatic rings. The van der Waals surface area contributed by atoms with Crippen LogP contribution in [0.15, 0.2) is 64.5 Å². The number of sulfone groups is 1. The summed E-state index contributed by atoms with van der Waals surface area (Å²) in [7, 11) is -4.38. The zero-order chi connectivity index (χ0) is 16.6. The quantitative estimate of drug-likeness (QED) is 0.543. The molecule has 0 atom stereocenters. The smallest absolute Gasteiger partial charge is 0.258 e. The third-order valence-corrected chi connectivity index (χ3v) is 5.14. The van der Waals surface area contributed by atoms with Crippen LogP contribution in [0.4, 0.5) is 10.1 Å². The maximum Gasteiger partial charge on any atom is 0.297 e. The lowest BCUT2D eigenvalue weighted by Gasteiger charge is -2.08. The summed E-state index contributed by atoms with van der Waals surface area (Å²) >= 11 is 0. The van der Waals surface area contributed by atoms with Crippen molar-refractivity contribution in [2.24, 2.45) is 0 Å². The standard InChI is InChI=1S/C15H9FN2O4S/c16-11-5-1-2-6-13(11)23(21,22)14-8-7-12-10(4-3-9-17-12)15(14)18(19)20/h1-9H. The van der Waals surface area contributed by atoms with Gasteiger partial charge in [-0.1, -0.05) is 12.1 Å². The van der Waals surface area contributed by atoms with E-state index in [-0.39, 0.29) is 10.9 Å². The van der Waals surface area contributed by atoms with Gasteiger partial charge in [-0.15, -0.1) is 0 Å². The van der Waals surface area contributed by atoms with Crippen LogP contribution in [0.1, 0.15) is 0 Å². The van der Waals surface area contributed by atoms with Crippen molar-refractivity contribution in [3.63, 3.8) is 0 Å². The number of benzene rings is 2. The first-order valence-electron chi connectivity index (χ1n) is 6.44. The Morgan fingerprint density at radius 2 is 1.74 bits per heavy atom. The Labute approximate surface area is 130 Å². The molecule has 1 heterocycles. The van der Waals surface area contributed by atoms with Crippen LogP contribution in [-0.4, -0.2) is 18.3 Å². The first kappa shape index (κ1) is 15.0. The molecule has 0 saturated carbocycles. The van der Waals surface area contributed by atoms with E-state index in [0.29, 0.717) is 0 Å². The topological polar surface area (TPSA) is 90.2 Å². The fourth-order valence-electron chi connectivity index (χ4n) is 2.30. The van der Waals surface area contributed by atoms with E-state index in [0.717, 1.165) is 18.2 Å². The van der Waals surface area contributed by atoms with E-state index in [4.69, 9.17) is 0 Å². The first-order valence-corrected chi connectivity index (χ1v) is 7.93. The van der Waals surface area contributed by atoms with Crippen molar-refractivity contribution in [2.45, 2.75) is 9.79 Å². The summed E-state index contributed by atoms with van der Waals surface area (Å²) in [6, 6.07) is 10.1. The normalized spacial score (nSPS) is 11.5. The zero-order valence-electron chi connectivity index (χ0n) is 11.5. The Morgan fingerprint density at radius 3 is 2.43 bits per heavy atom. The molecule has 0 spiro atoms. The molecule has 0 saturated heterocycles. The van der Waals surface area contributed by atoms with E-state index in [1.807, 2.05) is 0 Å². The molecule has 0 radical (unpaired) electrons. The number of fused-ring (bicyclic) bond motifs is 1. The molecule has 0 amide bonds. The van der Waals surface area contributed by atoms with Gasteiger partial charge in [0.2, 0.25) is 9.84 Å². The van der Waals surface area contributed by atoms with Crippen molar-refractivity contribution in [1.29, 1.82) is 0 Å². The van der Waals surface area contributed by atoms with Crippen molar-refractivity contribution in [3.8, 4) is 0 Å². The number of pyridine rings is 1. The highest BCUT2D eigenvalue weighted by Crippen LogP contribution is 2.35. The third kappa shape index (κ3) is 2.42. The molecule has 2 aromatic carbocycles. The lowest BCUT2D eigenvalue weighted by Crippen LogP contribution is -2.08. The average molecular weight is 332 g/mol. The van der Waals surface area contributed by atoms with Gasteiger partial charge < -0.3 is 0 Å². The highest BCUT2D eigenvalue weighted by molar-refractivity contribution is 7.91. The molecule has 3 rings (SSSR count). The van der Waals surface area contributed by atoms with Gasteiger partial charge in [-0.05, 0) is 36.4 Å². The van der Waals surface area contributed by atoms with Gasteiger partial charge in [0.25, 0.3) is 5.69 Å². The van der Waals surface area contributed by atoms with Gasteiger partial charge in [-0.3, -0.25) is 15.1 Å². The summed E-state index contributed by atoms with van der Waals surface area (Å²) in [5.41, 5.74) is -0.328. The summed E-state index contributed by atoms with van der Waals surface area (Å²) < 4.78 is 39.2. The highest BCUT2D eigenvalue weighted by atomic mass is 32.2. The van der Waals surface area contributed by atoms with E-state index in [1.165, 1.54) is 36.5 Å². The molecule has 1 aromatic heterocycles. The van der Waals surface area contributed by atoms with Crippen molar-refractivity contribution >= 4 is 26.4 Å². The summed E-state index contributed by atoms with van der Waals surface area (Å²) in [6.07, 6.45) is 1.44. The number of rotatable bonds is 3. The van der Waals surface area contributed by atoms with Crippen LogP contribution in [0, 0.1) is 15.9 Å². The average Bonchev–Trinajstić information content (AvgIpc) is 2.53. The molecule has 0 fully saturated rings. The molecule has 0 aliphatic carbocycles. The van der Waals surface area contributed by atoms with Crippen LogP contribution < -0.4 is 0 Å². The molecule has 6 nitrogen and oxygen atoms in total. The van der Waals surface area contributed by atoms with Gasteiger partial charge in [-0.25, -0.2) is 12.8 Å². The highest BCUT2D eigenvalue weighted by Gasteiger charge is 2.31. The summed E-state index contributed by atoms with van der Waals surface area (Å²) in [5.74, 6) is -0.965. The molecular weight excluding hydrogens is 323 g/mol. The van der Waals surface area contributed by atoms with Crippen LogP contribution in [0.3, 0.4) is 0 Å². The molecule has 23 heavy (non-hydrogen) atoms. The number of aromatic nitrogens is 1. The van der Waals surface area contributed by atoms with Crippen molar-refractivity contribution in [2.75, 3.05) is 0 Å². The van der Waals surface area contributed by atoms with E-state index in [2.05, 4.69) is 4.98 Å². The van der Waals surface area contributed by atoms with Crippen molar-refractivity contribution in [1.82, 2.24) is 4.98 Å². The minimum atomic E-state index is -4.38. The van der Waals surface area contributed by atoms with Crippen LogP contribution in [0.25, 0.3) is 10.9 Å². The summed E-state index contributed by atoms with van der Waals surface area (Å²) in [4.78, 5) is 13.4. The predicted molar refractivity (Wildman–Crippen MR) is 80.2 cm³/mol. The van der Waals surface area contributed by atoms with Gasteiger partial charge in [0, 0.05) is 6.20 Å². The minimum Gasteiger partial charge on any atom is -0.258 e. The second kappa shape index (κ2) is 5.40. The maximum absolute atomic E-state index is 13.9. The molecule has 8 heteroatoms. The third-order valence-electron chi connectivity index (χ3n) is 3.32. The lowest BCUT2D eigenvalue weighted by molar-refractivity contribution is -0.386. The first-order chi connectivity index (χ1) is 10.9. The van der Waals surface area contributed by atoms with E-state index in [1.54, 1.807) is 0 Å². The maximum atomic E-state index is 13.9. The summed E-state index contributed by atoms with van der Waals surface area (Å²) in [5, 5.41) is 11.5. The molecule has 0 bridgehead atoms. The Hall–Kier alpha value is -2.87. The number of hydrogen-bond acceptors (Lipinski definition) is 5. The number of hydrogen-bond donors (Lipinski definition) is 0. The minimum absolute atomic E-state index is 0.0786. The number of nitro benzene ring substituents is 1. The number of nitro groups is 1. The van der Waals surface area contributed by atoms with E-state index < -0.39 is 36.1 Å². The monoisotopic (exact) mass is 332 g/mol. The zero-order valence-corrected chi connectivity index (χ0v) is 12.3. The second-order valence-electron chi connectivity index (χ2n) is 4.67. The fraction of sp³-hybridized carbons (Fsp3) is 0. The Morgan fingerprint density at radius 1 is 1.00 bits per heavy atom. The van der Waals surface area contributed by atoms with E-state index >= 15 is 0 Å². The molecule has 0 aliphatic heterocycles. The number of nitrogens with zero attached hydrogens (tertiary/aromatic N) is 2. The van der Waals surface area contributed by atoms with Gasteiger partial charge in [-0.2, -0.15) is 0 Å². The fourth-order valence-corrected chi connectivity index (χ4v) is 3.81.